The predicted octanol–water partition coefficient (Wildman–Crippen LogP) is 3.04. The van der Waals surface area contributed by atoms with E-state index in [1.165, 1.54) is 0 Å². The topological polar surface area (TPSA) is 82.8 Å². The minimum atomic E-state index is -1.13. The van der Waals surface area contributed by atoms with E-state index in [0.29, 0.717) is 24.1 Å². The maximum absolute atomic E-state index is 12.2. The van der Waals surface area contributed by atoms with Gasteiger partial charge in [-0.25, -0.2) is 15.0 Å². The SMILES string of the molecule is CCOCc1nc2cncc(C)c2n1CCCCCS(=O)c1ncccn1. The second-order valence-electron chi connectivity index (χ2n) is 6.28. The van der Waals surface area contributed by atoms with Crippen LogP contribution in [0.15, 0.2) is 36.0 Å². The monoisotopic (exact) mass is 387 g/mol. The van der Waals surface area contributed by atoms with Gasteiger partial charge in [-0.1, -0.05) is 6.42 Å². The van der Waals surface area contributed by atoms with Crippen molar-refractivity contribution in [1.82, 2.24) is 24.5 Å². The fourth-order valence-corrected chi connectivity index (χ4v) is 4.03. The van der Waals surface area contributed by atoms with E-state index in [2.05, 4.69) is 31.4 Å². The number of imidazole rings is 1. The normalized spacial score (nSPS) is 12.5. The fraction of sp³-hybridized carbons (Fsp3) is 0.474. The lowest BCUT2D eigenvalue weighted by atomic mass is 10.2. The molecule has 0 aliphatic rings. The summed E-state index contributed by atoms with van der Waals surface area (Å²) in [5, 5.41) is 0.417. The molecule has 0 fully saturated rings. The molecule has 0 radical (unpaired) electrons. The molecule has 0 saturated heterocycles. The molecule has 0 N–H and O–H groups in total. The fourth-order valence-electron chi connectivity index (χ4n) is 3.02. The third kappa shape index (κ3) is 4.95. The summed E-state index contributed by atoms with van der Waals surface area (Å²) in [6, 6.07) is 1.73. The van der Waals surface area contributed by atoms with Crippen molar-refractivity contribution in [2.45, 2.75) is 51.4 Å². The van der Waals surface area contributed by atoms with Gasteiger partial charge in [0, 0.05) is 37.5 Å². The Hall–Kier alpha value is -2.19. The Bertz CT molecular complexity index is 898. The van der Waals surface area contributed by atoms with Gasteiger partial charge in [-0.05, 0) is 38.3 Å². The smallest absolute Gasteiger partial charge is 0.218 e. The Labute approximate surface area is 161 Å². The third-order valence-electron chi connectivity index (χ3n) is 4.30. The highest BCUT2D eigenvalue weighted by atomic mass is 32.2. The van der Waals surface area contributed by atoms with Crippen LogP contribution in [0.1, 0.15) is 37.6 Å². The second kappa shape index (κ2) is 9.66. The number of nitrogens with zero attached hydrogens (tertiary/aromatic N) is 5. The highest BCUT2D eigenvalue weighted by Crippen LogP contribution is 2.20. The predicted molar refractivity (Wildman–Crippen MR) is 105 cm³/mol. The van der Waals surface area contributed by atoms with Crippen LogP contribution in [0.3, 0.4) is 0 Å². The van der Waals surface area contributed by atoms with Crippen molar-refractivity contribution in [3.63, 3.8) is 0 Å². The van der Waals surface area contributed by atoms with Gasteiger partial charge in [0.05, 0.1) is 22.5 Å². The number of hydrogen-bond donors (Lipinski definition) is 0. The van der Waals surface area contributed by atoms with Crippen LogP contribution in [0, 0.1) is 6.92 Å². The Morgan fingerprint density at radius 2 is 1.96 bits per heavy atom. The summed E-state index contributed by atoms with van der Waals surface area (Å²) < 4.78 is 20.0. The lowest BCUT2D eigenvalue weighted by molar-refractivity contribution is 0.126. The van der Waals surface area contributed by atoms with Gasteiger partial charge in [-0.3, -0.25) is 9.19 Å². The minimum absolute atomic E-state index is 0.417. The van der Waals surface area contributed by atoms with Gasteiger partial charge < -0.3 is 9.30 Å². The molecule has 0 aromatic carbocycles. The van der Waals surface area contributed by atoms with Gasteiger partial charge in [0.1, 0.15) is 17.9 Å². The number of fused-ring (bicyclic) bond motifs is 1. The first-order valence-corrected chi connectivity index (χ1v) is 10.6. The summed E-state index contributed by atoms with van der Waals surface area (Å²) in [6.07, 6.45) is 9.77. The first-order valence-electron chi connectivity index (χ1n) is 9.23. The first-order chi connectivity index (χ1) is 13.2. The Morgan fingerprint density at radius 3 is 2.74 bits per heavy atom. The van der Waals surface area contributed by atoms with Crippen molar-refractivity contribution in [1.29, 1.82) is 0 Å². The lowest BCUT2D eigenvalue weighted by Crippen LogP contribution is -2.07. The molecule has 0 aliphatic heterocycles. The highest BCUT2D eigenvalue weighted by molar-refractivity contribution is 7.84. The Morgan fingerprint density at radius 1 is 1.15 bits per heavy atom. The lowest BCUT2D eigenvalue weighted by Gasteiger charge is -2.10. The molecule has 0 bridgehead atoms. The molecule has 3 rings (SSSR count). The summed E-state index contributed by atoms with van der Waals surface area (Å²) in [6.45, 7) is 6.06. The molecule has 0 amide bonds. The van der Waals surface area contributed by atoms with Gasteiger partial charge in [-0.15, -0.1) is 0 Å². The standard InChI is InChI=1S/C19H25N5O2S/c1-3-26-14-17-23-16-13-20-12-15(2)18(16)24(17)10-5-4-6-11-27(25)19-21-8-7-9-22-19/h7-9,12-13H,3-6,10-11,14H2,1-2H3. The van der Waals surface area contributed by atoms with Gasteiger partial charge in [0.15, 0.2) is 0 Å². The summed E-state index contributed by atoms with van der Waals surface area (Å²) >= 11 is 0. The molecule has 0 saturated carbocycles. The molecule has 0 spiro atoms. The molecular weight excluding hydrogens is 362 g/mol. The zero-order chi connectivity index (χ0) is 19.1. The van der Waals surface area contributed by atoms with Crippen molar-refractivity contribution < 1.29 is 8.95 Å². The maximum atomic E-state index is 12.2. The molecule has 0 aliphatic carbocycles. The second-order valence-corrected chi connectivity index (χ2v) is 7.75. The van der Waals surface area contributed by atoms with E-state index in [9.17, 15) is 4.21 Å². The van der Waals surface area contributed by atoms with Gasteiger partial charge in [0.25, 0.3) is 0 Å². The molecule has 7 nitrogen and oxygen atoms in total. The molecule has 27 heavy (non-hydrogen) atoms. The molecule has 3 heterocycles. The number of aromatic nitrogens is 5. The first kappa shape index (κ1) is 19.6. The zero-order valence-electron chi connectivity index (χ0n) is 15.8. The van der Waals surface area contributed by atoms with Crippen LogP contribution in [0.2, 0.25) is 0 Å². The van der Waals surface area contributed by atoms with E-state index in [-0.39, 0.29) is 0 Å². The molecule has 1 unspecified atom stereocenters. The van der Waals surface area contributed by atoms with Crippen LogP contribution in [-0.4, -0.2) is 41.1 Å². The summed E-state index contributed by atoms with van der Waals surface area (Å²) in [5.74, 6) is 1.52. The third-order valence-corrected chi connectivity index (χ3v) is 5.58. The average molecular weight is 388 g/mol. The van der Waals surface area contributed by atoms with Crippen molar-refractivity contribution in [2.24, 2.45) is 0 Å². The van der Waals surface area contributed by atoms with Gasteiger partial charge >= 0.3 is 0 Å². The summed E-state index contributed by atoms with van der Waals surface area (Å²) in [7, 11) is -1.13. The number of ether oxygens (including phenoxy) is 1. The van der Waals surface area contributed by atoms with Crippen LogP contribution in [0.25, 0.3) is 11.0 Å². The minimum Gasteiger partial charge on any atom is -0.374 e. The van der Waals surface area contributed by atoms with E-state index in [1.807, 2.05) is 13.1 Å². The Kier molecular flexibility index (Phi) is 7.00. The quantitative estimate of drug-likeness (QED) is 0.393. The molecule has 1 atom stereocenters. The number of aryl methyl sites for hydroxylation is 2. The van der Waals surface area contributed by atoms with Crippen LogP contribution in [-0.2, 0) is 28.7 Å². The molecular formula is C19H25N5O2S. The molecule has 3 aromatic rings. The van der Waals surface area contributed by atoms with Gasteiger partial charge in [0.2, 0.25) is 5.16 Å². The average Bonchev–Trinajstić information content (AvgIpc) is 3.05. The zero-order valence-corrected chi connectivity index (χ0v) is 16.6. The van der Waals surface area contributed by atoms with Crippen LogP contribution in [0.5, 0.6) is 0 Å². The maximum Gasteiger partial charge on any atom is 0.218 e. The number of unbranched alkanes of at least 4 members (excludes halogenated alkanes) is 2. The summed E-state index contributed by atoms with van der Waals surface area (Å²) in [4.78, 5) is 17.0. The van der Waals surface area contributed by atoms with Crippen LogP contribution < -0.4 is 0 Å². The van der Waals surface area contributed by atoms with Gasteiger partial charge in [-0.2, -0.15) is 0 Å². The van der Waals surface area contributed by atoms with Crippen LogP contribution >= 0.6 is 0 Å². The van der Waals surface area contributed by atoms with Crippen molar-refractivity contribution in [3.8, 4) is 0 Å². The van der Waals surface area contributed by atoms with Crippen LogP contribution in [0.4, 0.5) is 0 Å². The number of pyridine rings is 1. The van der Waals surface area contributed by atoms with Crippen molar-refractivity contribution in [2.75, 3.05) is 12.4 Å². The van der Waals surface area contributed by atoms with E-state index in [0.717, 1.165) is 48.2 Å². The summed E-state index contributed by atoms with van der Waals surface area (Å²) in [5.41, 5.74) is 3.15. The number of rotatable bonds is 10. The van der Waals surface area contributed by atoms with E-state index in [1.54, 1.807) is 24.7 Å². The number of hydrogen-bond acceptors (Lipinski definition) is 6. The highest BCUT2D eigenvalue weighted by Gasteiger charge is 2.13. The van der Waals surface area contributed by atoms with E-state index >= 15 is 0 Å². The van der Waals surface area contributed by atoms with Crippen molar-refractivity contribution >= 4 is 21.8 Å². The molecule has 8 heteroatoms. The van der Waals surface area contributed by atoms with E-state index < -0.39 is 10.8 Å². The largest absolute Gasteiger partial charge is 0.374 e. The Balaban J connectivity index is 1.58. The molecule has 144 valence electrons. The molecule has 3 aromatic heterocycles. The van der Waals surface area contributed by atoms with Crippen molar-refractivity contribution in [3.05, 3.63) is 42.2 Å². The van der Waals surface area contributed by atoms with E-state index in [4.69, 9.17) is 4.74 Å².